The van der Waals surface area contributed by atoms with Crippen LogP contribution >= 0.6 is 15.9 Å². The number of phenolic OH excluding ortho intramolecular Hbond substituents is 1. The van der Waals surface area contributed by atoms with Crippen LogP contribution in [0.3, 0.4) is 0 Å². The lowest BCUT2D eigenvalue weighted by molar-refractivity contribution is 0.102. The Morgan fingerprint density at radius 2 is 1.56 bits per heavy atom. The molecule has 4 aromatic rings. The topological polar surface area (TPSA) is 95.5 Å². The molecule has 3 N–H and O–H groups in total. The van der Waals surface area contributed by atoms with Gasteiger partial charge in [0, 0.05) is 15.7 Å². The zero-order valence-corrected chi connectivity index (χ0v) is 19.9. The van der Waals surface area contributed by atoms with Crippen molar-refractivity contribution in [2.45, 2.75) is 4.90 Å². The van der Waals surface area contributed by atoms with Crippen molar-refractivity contribution in [3.05, 3.63) is 107 Å². The number of rotatable bonds is 6. The fourth-order valence-electron chi connectivity index (χ4n) is 3.20. The third-order valence-electron chi connectivity index (χ3n) is 4.93. The zero-order valence-electron chi connectivity index (χ0n) is 17.5. The average molecular weight is 541 g/mol. The number of phenols is 1. The Morgan fingerprint density at radius 3 is 2.24 bits per heavy atom. The number of hydrogen-bond acceptors (Lipinski definition) is 4. The van der Waals surface area contributed by atoms with E-state index in [2.05, 4.69) is 26.0 Å². The number of benzene rings is 4. The van der Waals surface area contributed by atoms with Crippen molar-refractivity contribution in [3.63, 3.8) is 0 Å². The van der Waals surface area contributed by atoms with Gasteiger partial charge in [-0.2, -0.15) is 0 Å². The van der Waals surface area contributed by atoms with Crippen LogP contribution in [0.5, 0.6) is 5.75 Å². The molecule has 0 aliphatic rings. The van der Waals surface area contributed by atoms with Crippen molar-refractivity contribution in [2.75, 3.05) is 10.0 Å². The second kappa shape index (κ2) is 9.66. The molecule has 0 aliphatic carbocycles. The predicted octanol–water partition coefficient (Wildman–Crippen LogP) is 6.01. The monoisotopic (exact) mass is 540 g/mol. The predicted molar refractivity (Wildman–Crippen MR) is 133 cm³/mol. The summed E-state index contributed by atoms with van der Waals surface area (Å²) in [6, 6.07) is 23.1. The van der Waals surface area contributed by atoms with Crippen LogP contribution in [0.15, 0.2) is 100 Å². The lowest BCUT2D eigenvalue weighted by Gasteiger charge is -2.12. The van der Waals surface area contributed by atoms with E-state index < -0.39 is 21.7 Å². The normalized spacial score (nSPS) is 11.1. The van der Waals surface area contributed by atoms with Gasteiger partial charge in [0.1, 0.15) is 11.6 Å². The van der Waals surface area contributed by atoms with Gasteiger partial charge in [0.25, 0.3) is 15.9 Å². The molecule has 0 radical (unpaired) electrons. The minimum atomic E-state index is -4.08. The van der Waals surface area contributed by atoms with Crippen molar-refractivity contribution < 1.29 is 22.7 Å². The largest absolute Gasteiger partial charge is 0.506 e. The van der Waals surface area contributed by atoms with E-state index in [9.17, 15) is 22.7 Å². The molecule has 0 bridgehead atoms. The molecule has 0 aliphatic heterocycles. The van der Waals surface area contributed by atoms with Gasteiger partial charge in [0.15, 0.2) is 0 Å². The minimum Gasteiger partial charge on any atom is -0.506 e. The molecule has 0 aromatic heterocycles. The zero-order chi connectivity index (χ0) is 24.3. The molecule has 9 heteroatoms. The van der Waals surface area contributed by atoms with Gasteiger partial charge >= 0.3 is 0 Å². The van der Waals surface area contributed by atoms with Crippen molar-refractivity contribution >= 4 is 43.2 Å². The first-order valence-electron chi connectivity index (χ1n) is 10.00. The molecule has 0 unspecified atom stereocenters. The second-order valence-electron chi connectivity index (χ2n) is 7.33. The Balaban J connectivity index is 1.50. The van der Waals surface area contributed by atoms with Gasteiger partial charge in [-0.05, 0) is 77.9 Å². The lowest BCUT2D eigenvalue weighted by atomic mass is 10.0. The summed E-state index contributed by atoms with van der Waals surface area (Å²) in [5.74, 6) is -1.31. The van der Waals surface area contributed by atoms with Crippen molar-refractivity contribution in [1.29, 1.82) is 0 Å². The Labute approximate surface area is 204 Å². The Kier molecular flexibility index (Phi) is 6.67. The highest BCUT2D eigenvalue weighted by atomic mass is 79.9. The summed E-state index contributed by atoms with van der Waals surface area (Å²) in [6.45, 7) is 0. The van der Waals surface area contributed by atoms with E-state index in [-0.39, 0.29) is 22.0 Å². The standard InChI is InChI=1S/C25H18BrFN2O4S/c26-19-3-1-2-18(14-19)16-4-6-17(7-5-16)25(31)28-21-10-13-24(30)23(15-21)29-34(32,33)22-11-8-20(27)9-12-22/h1-15,29-30H,(H,28,31). The van der Waals surface area contributed by atoms with Gasteiger partial charge in [-0.1, -0.05) is 40.2 Å². The quantitative estimate of drug-likeness (QED) is 0.206. The maximum Gasteiger partial charge on any atom is 0.262 e. The van der Waals surface area contributed by atoms with E-state index in [4.69, 9.17) is 0 Å². The highest BCUT2D eigenvalue weighted by Crippen LogP contribution is 2.30. The number of amides is 1. The molecule has 34 heavy (non-hydrogen) atoms. The van der Waals surface area contributed by atoms with Gasteiger partial charge in [-0.3, -0.25) is 9.52 Å². The molecule has 0 saturated heterocycles. The molecule has 172 valence electrons. The number of aromatic hydroxyl groups is 1. The van der Waals surface area contributed by atoms with Gasteiger partial charge in [-0.15, -0.1) is 0 Å². The molecule has 0 atom stereocenters. The smallest absolute Gasteiger partial charge is 0.262 e. The molecule has 4 aromatic carbocycles. The molecule has 0 spiro atoms. The van der Waals surface area contributed by atoms with Crippen molar-refractivity contribution in [3.8, 4) is 16.9 Å². The molecular formula is C25H18BrFN2O4S. The van der Waals surface area contributed by atoms with Crippen LogP contribution in [0.1, 0.15) is 10.4 Å². The molecule has 0 saturated carbocycles. The van der Waals surface area contributed by atoms with Gasteiger partial charge in [0.05, 0.1) is 10.6 Å². The minimum absolute atomic E-state index is 0.132. The summed E-state index contributed by atoms with van der Waals surface area (Å²) in [5.41, 5.74) is 2.49. The number of halogens is 2. The Hall–Kier alpha value is -3.69. The molecule has 0 heterocycles. The first kappa shape index (κ1) is 23.5. The number of sulfonamides is 1. The number of anilines is 2. The van der Waals surface area contributed by atoms with Crippen LogP contribution < -0.4 is 10.0 Å². The third kappa shape index (κ3) is 5.44. The summed E-state index contributed by atoms with van der Waals surface area (Å²) < 4.78 is 41.4. The Morgan fingerprint density at radius 1 is 0.853 bits per heavy atom. The number of hydrogen-bond donors (Lipinski definition) is 3. The van der Waals surface area contributed by atoms with Crippen LogP contribution in [-0.4, -0.2) is 19.4 Å². The fourth-order valence-corrected chi connectivity index (χ4v) is 4.66. The molecule has 0 fully saturated rings. The molecular weight excluding hydrogens is 523 g/mol. The summed E-state index contributed by atoms with van der Waals surface area (Å²) in [7, 11) is -4.08. The second-order valence-corrected chi connectivity index (χ2v) is 9.93. The van der Waals surface area contributed by atoms with Crippen LogP contribution in [0.25, 0.3) is 11.1 Å². The average Bonchev–Trinajstić information content (AvgIpc) is 2.81. The Bertz CT molecular complexity index is 1460. The van der Waals surface area contributed by atoms with E-state index in [0.717, 1.165) is 39.9 Å². The van der Waals surface area contributed by atoms with E-state index in [1.807, 2.05) is 36.4 Å². The summed E-state index contributed by atoms with van der Waals surface area (Å²) in [6.07, 6.45) is 0. The van der Waals surface area contributed by atoms with Crippen LogP contribution in [0.2, 0.25) is 0 Å². The van der Waals surface area contributed by atoms with E-state index in [0.29, 0.717) is 5.56 Å². The van der Waals surface area contributed by atoms with Crippen LogP contribution in [0.4, 0.5) is 15.8 Å². The summed E-state index contributed by atoms with van der Waals surface area (Å²) in [5, 5.41) is 12.8. The van der Waals surface area contributed by atoms with Crippen molar-refractivity contribution in [2.24, 2.45) is 0 Å². The first-order valence-corrected chi connectivity index (χ1v) is 12.3. The molecule has 6 nitrogen and oxygen atoms in total. The molecule has 4 rings (SSSR count). The summed E-state index contributed by atoms with van der Waals surface area (Å²) >= 11 is 3.44. The van der Waals surface area contributed by atoms with Gasteiger partial charge in [0.2, 0.25) is 0 Å². The van der Waals surface area contributed by atoms with Crippen LogP contribution in [-0.2, 0) is 10.0 Å². The first-order chi connectivity index (χ1) is 16.2. The van der Waals surface area contributed by atoms with E-state index in [1.54, 1.807) is 12.1 Å². The highest BCUT2D eigenvalue weighted by molar-refractivity contribution is 9.10. The number of carbonyl (C=O) groups excluding carboxylic acids is 1. The lowest BCUT2D eigenvalue weighted by Crippen LogP contribution is -2.14. The third-order valence-corrected chi connectivity index (χ3v) is 6.80. The van der Waals surface area contributed by atoms with Gasteiger partial charge < -0.3 is 10.4 Å². The van der Waals surface area contributed by atoms with Gasteiger partial charge in [-0.25, -0.2) is 12.8 Å². The SMILES string of the molecule is O=C(Nc1ccc(O)c(NS(=O)(=O)c2ccc(F)cc2)c1)c1ccc(-c2cccc(Br)c2)cc1. The maximum atomic E-state index is 13.1. The molecule has 1 amide bonds. The highest BCUT2D eigenvalue weighted by Gasteiger charge is 2.17. The number of nitrogens with one attached hydrogen (secondary N) is 2. The van der Waals surface area contributed by atoms with Crippen LogP contribution in [0, 0.1) is 5.82 Å². The fraction of sp³-hybridized carbons (Fsp3) is 0. The summed E-state index contributed by atoms with van der Waals surface area (Å²) in [4.78, 5) is 12.5. The number of carbonyl (C=O) groups is 1. The van der Waals surface area contributed by atoms with E-state index in [1.165, 1.54) is 18.2 Å². The van der Waals surface area contributed by atoms with Crippen molar-refractivity contribution in [1.82, 2.24) is 0 Å². The maximum absolute atomic E-state index is 13.1. The van der Waals surface area contributed by atoms with E-state index >= 15 is 0 Å².